The third-order valence-corrected chi connectivity index (χ3v) is 3.07. The van der Waals surface area contributed by atoms with Gasteiger partial charge in [-0.2, -0.15) is 0 Å². The molecule has 0 heterocycles. The minimum atomic E-state index is -0.177. The summed E-state index contributed by atoms with van der Waals surface area (Å²) in [6, 6.07) is 15.0. The van der Waals surface area contributed by atoms with Crippen molar-refractivity contribution >= 4 is 5.91 Å². The fraction of sp³-hybridized carbons (Fsp3) is 0.167. The molecular formula is C18H17NO2. The number of carbonyl (C=O) groups excluding carboxylic acids is 1. The molecule has 0 bridgehead atoms. The molecule has 2 aromatic rings. The van der Waals surface area contributed by atoms with Crippen LogP contribution in [0.5, 0.6) is 0 Å². The quantitative estimate of drug-likeness (QED) is 0.847. The Balaban J connectivity index is 2.06. The predicted octanol–water partition coefficient (Wildman–Crippen LogP) is 2.27. The molecule has 3 nitrogen and oxygen atoms in total. The van der Waals surface area contributed by atoms with Crippen molar-refractivity contribution in [3.8, 4) is 11.8 Å². The summed E-state index contributed by atoms with van der Waals surface area (Å²) in [5.41, 5.74) is 3.50. The topological polar surface area (TPSA) is 49.3 Å². The van der Waals surface area contributed by atoms with Crippen LogP contribution in [0.3, 0.4) is 0 Å². The van der Waals surface area contributed by atoms with Crippen LogP contribution in [-0.2, 0) is 6.54 Å². The zero-order valence-electron chi connectivity index (χ0n) is 11.9. The Morgan fingerprint density at radius 3 is 2.57 bits per heavy atom. The highest BCUT2D eigenvalue weighted by atomic mass is 16.2. The molecule has 106 valence electrons. The van der Waals surface area contributed by atoms with Crippen molar-refractivity contribution in [2.24, 2.45) is 0 Å². The summed E-state index contributed by atoms with van der Waals surface area (Å²) < 4.78 is 0. The predicted molar refractivity (Wildman–Crippen MR) is 82.8 cm³/mol. The molecule has 0 saturated carbocycles. The van der Waals surface area contributed by atoms with Crippen molar-refractivity contribution in [2.75, 3.05) is 6.61 Å². The normalized spacial score (nSPS) is 9.62. The second-order valence-corrected chi connectivity index (χ2v) is 4.67. The van der Waals surface area contributed by atoms with Crippen LogP contribution in [-0.4, -0.2) is 17.6 Å². The molecule has 0 fully saturated rings. The van der Waals surface area contributed by atoms with Crippen LogP contribution in [0, 0.1) is 18.8 Å². The van der Waals surface area contributed by atoms with Crippen LogP contribution in [0.25, 0.3) is 0 Å². The number of nitrogens with one attached hydrogen (secondary N) is 1. The highest BCUT2D eigenvalue weighted by Crippen LogP contribution is 2.08. The zero-order chi connectivity index (χ0) is 15.1. The van der Waals surface area contributed by atoms with Gasteiger partial charge in [0.15, 0.2) is 0 Å². The first-order valence-electron chi connectivity index (χ1n) is 6.73. The standard InChI is InChI=1S/C18H17NO2/c1-14-8-10-16(11-9-14)18(21)19-13-17-6-3-2-5-15(17)7-4-12-20/h2-3,5-6,8-11,20H,12-13H2,1H3,(H,19,21). The first-order chi connectivity index (χ1) is 10.2. The molecule has 2 rings (SSSR count). The lowest BCUT2D eigenvalue weighted by Gasteiger charge is -2.07. The van der Waals surface area contributed by atoms with Crippen molar-refractivity contribution in [3.05, 3.63) is 70.8 Å². The van der Waals surface area contributed by atoms with E-state index >= 15 is 0 Å². The minimum Gasteiger partial charge on any atom is -0.384 e. The molecule has 3 heteroatoms. The van der Waals surface area contributed by atoms with Crippen molar-refractivity contribution < 1.29 is 9.90 Å². The summed E-state index contributed by atoms with van der Waals surface area (Å²) in [4.78, 5) is 12.1. The third-order valence-electron chi connectivity index (χ3n) is 3.07. The molecular weight excluding hydrogens is 262 g/mol. The summed E-state index contributed by atoms with van der Waals surface area (Å²) in [5.74, 6) is 5.39. The first kappa shape index (κ1) is 14.8. The van der Waals surface area contributed by atoms with Crippen molar-refractivity contribution in [1.82, 2.24) is 5.32 Å². The Hall–Kier alpha value is -2.57. The molecule has 0 aromatic heterocycles. The van der Waals surface area contributed by atoms with E-state index in [0.29, 0.717) is 12.1 Å². The van der Waals surface area contributed by atoms with E-state index in [2.05, 4.69) is 17.2 Å². The second kappa shape index (κ2) is 7.28. The maximum Gasteiger partial charge on any atom is 0.251 e. The van der Waals surface area contributed by atoms with Gasteiger partial charge in [-0.1, -0.05) is 47.7 Å². The van der Waals surface area contributed by atoms with E-state index in [1.807, 2.05) is 55.5 Å². The average molecular weight is 279 g/mol. The largest absolute Gasteiger partial charge is 0.384 e. The Kier molecular flexibility index (Phi) is 5.14. The number of aliphatic hydroxyl groups is 1. The SMILES string of the molecule is Cc1ccc(C(=O)NCc2ccccc2C#CCO)cc1. The summed E-state index contributed by atoms with van der Waals surface area (Å²) in [7, 11) is 0. The number of rotatable bonds is 3. The van der Waals surface area contributed by atoms with Crippen LogP contribution >= 0.6 is 0 Å². The molecule has 0 aliphatic carbocycles. The summed E-state index contributed by atoms with van der Waals surface area (Å²) in [6.07, 6.45) is 0. The molecule has 0 spiro atoms. The average Bonchev–Trinajstić information content (AvgIpc) is 2.52. The van der Waals surface area contributed by atoms with Crippen LogP contribution < -0.4 is 5.32 Å². The van der Waals surface area contributed by atoms with Crippen LogP contribution in [0.1, 0.15) is 27.0 Å². The van der Waals surface area contributed by atoms with E-state index in [4.69, 9.17) is 5.11 Å². The van der Waals surface area contributed by atoms with Gasteiger partial charge in [-0.15, -0.1) is 0 Å². The van der Waals surface area contributed by atoms with Crippen molar-refractivity contribution in [3.63, 3.8) is 0 Å². The number of hydrogen-bond acceptors (Lipinski definition) is 2. The summed E-state index contributed by atoms with van der Waals surface area (Å²) >= 11 is 0. The maximum atomic E-state index is 12.1. The fourth-order valence-corrected chi connectivity index (χ4v) is 1.91. The van der Waals surface area contributed by atoms with Gasteiger partial charge < -0.3 is 10.4 Å². The smallest absolute Gasteiger partial charge is 0.251 e. The van der Waals surface area contributed by atoms with Gasteiger partial charge in [0.1, 0.15) is 6.61 Å². The minimum absolute atomic E-state index is 0.111. The lowest BCUT2D eigenvalue weighted by molar-refractivity contribution is 0.0951. The van der Waals surface area contributed by atoms with Gasteiger partial charge in [0, 0.05) is 17.7 Å². The number of amides is 1. The number of benzene rings is 2. The molecule has 1 amide bonds. The zero-order valence-corrected chi connectivity index (χ0v) is 11.9. The van der Waals surface area contributed by atoms with Crippen LogP contribution in [0.2, 0.25) is 0 Å². The molecule has 0 atom stereocenters. The molecule has 2 aromatic carbocycles. The van der Waals surface area contributed by atoms with E-state index in [9.17, 15) is 4.79 Å². The van der Waals surface area contributed by atoms with Crippen LogP contribution in [0.4, 0.5) is 0 Å². The van der Waals surface area contributed by atoms with Gasteiger partial charge in [-0.25, -0.2) is 0 Å². The molecule has 0 aliphatic rings. The van der Waals surface area contributed by atoms with Gasteiger partial charge in [-0.05, 0) is 30.7 Å². The number of hydrogen-bond donors (Lipinski definition) is 2. The Bertz CT molecular complexity index is 678. The number of aryl methyl sites for hydroxylation is 1. The van der Waals surface area contributed by atoms with Crippen LogP contribution in [0.15, 0.2) is 48.5 Å². The highest BCUT2D eigenvalue weighted by molar-refractivity contribution is 5.94. The molecule has 0 unspecified atom stereocenters. The molecule has 2 N–H and O–H groups in total. The van der Waals surface area contributed by atoms with E-state index < -0.39 is 0 Å². The first-order valence-corrected chi connectivity index (χ1v) is 6.73. The van der Waals surface area contributed by atoms with E-state index in [1.54, 1.807) is 0 Å². The molecule has 0 radical (unpaired) electrons. The van der Waals surface area contributed by atoms with Crippen molar-refractivity contribution in [1.29, 1.82) is 0 Å². The van der Waals surface area contributed by atoms with Gasteiger partial charge >= 0.3 is 0 Å². The van der Waals surface area contributed by atoms with Gasteiger partial charge in [0.25, 0.3) is 5.91 Å². The third kappa shape index (κ3) is 4.20. The number of aliphatic hydroxyl groups excluding tert-OH is 1. The molecule has 0 aliphatic heterocycles. The Morgan fingerprint density at radius 2 is 1.86 bits per heavy atom. The lowest BCUT2D eigenvalue weighted by Crippen LogP contribution is -2.23. The van der Waals surface area contributed by atoms with E-state index in [1.165, 1.54) is 0 Å². The molecule has 0 saturated heterocycles. The summed E-state index contributed by atoms with van der Waals surface area (Å²) in [5, 5.41) is 11.6. The van der Waals surface area contributed by atoms with Gasteiger partial charge in [-0.3, -0.25) is 4.79 Å². The van der Waals surface area contributed by atoms with E-state index in [-0.39, 0.29) is 12.5 Å². The van der Waals surface area contributed by atoms with Crippen molar-refractivity contribution in [2.45, 2.75) is 13.5 Å². The van der Waals surface area contributed by atoms with Gasteiger partial charge in [0.2, 0.25) is 0 Å². The maximum absolute atomic E-state index is 12.1. The van der Waals surface area contributed by atoms with E-state index in [0.717, 1.165) is 16.7 Å². The summed E-state index contributed by atoms with van der Waals surface area (Å²) in [6.45, 7) is 2.21. The highest BCUT2D eigenvalue weighted by Gasteiger charge is 2.06. The Morgan fingerprint density at radius 1 is 1.14 bits per heavy atom. The Labute approximate surface area is 124 Å². The second-order valence-electron chi connectivity index (χ2n) is 4.67. The fourth-order valence-electron chi connectivity index (χ4n) is 1.91. The number of carbonyl (C=O) groups is 1. The monoisotopic (exact) mass is 279 g/mol. The lowest BCUT2D eigenvalue weighted by atomic mass is 10.1. The molecule has 21 heavy (non-hydrogen) atoms. The van der Waals surface area contributed by atoms with Gasteiger partial charge in [0.05, 0.1) is 0 Å².